The van der Waals surface area contributed by atoms with E-state index in [1.807, 2.05) is 13.8 Å². The van der Waals surface area contributed by atoms with Crippen LogP contribution in [-0.4, -0.2) is 88.5 Å². The summed E-state index contributed by atoms with van der Waals surface area (Å²) in [5, 5.41) is 27.2. The molecule has 0 saturated heterocycles. The van der Waals surface area contributed by atoms with Gasteiger partial charge in [0.15, 0.2) is 11.8 Å². The van der Waals surface area contributed by atoms with Gasteiger partial charge in [0.1, 0.15) is 5.76 Å². The monoisotopic (exact) mass is 606 g/mol. The van der Waals surface area contributed by atoms with Crippen LogP contribution in [0.5, 0.6) is 0 Å². The van der Waals surface area contributed by atoms with Gasteiger partial charge in [-0.25, -0.2) is 14.4 Å². The lowest BCUT2D eigenvalue weighted by Crippen LogP contribution is -2.36. The molecule has 244 valence electrons. The first-order chi connectivity index (χ1) is 18.7. The summed E-state index contributed by atoms with van der Waals surface area (Å²) in [5.74, 6) is -4.46. The number of esters is 1. The Balaban J connectivity index is -0.000000229. The minimum Gasteiger partial charge on any atom is -0.479 e. The van der Waals surface area contributed by atoms with E-state index in [0.717, 1.165) is 0 Å². The smallest absolute Gasteiger partial charge is 0.396 e. The molecule has 0 aliphatic carbocycles. The van der Waals surface area contributed by atoms with Crippen molar-refractivity contribution in [1.29, 1.82) is 0 Å². The number of carboxylic acids is 2. The third kappa shape index (κ3) is 27.6. The molecular formula is C27H50N4O11. The van der Waals surface area contributed by atoms with E-state index in [1.54, 1.807) is 48.5 Å². The number of carboxylic acid groups (broad SMARTS) is 2. The van der Waals surface area contributed by atoms with Gasteiger partial charge in [-0.3, -0.25) is 14.4 Å². The first kappa shape index (κ1) is 45.0. The van der Waals surface area contributed by atoms with Crippen molar-refractivity contribution in [2.24, 2.45) is 5.16 Å². The van der Waals surface area contributed by atoms with E-state index in [2.05, 4.69) is 32.4 Å². The number of nitrogens with one attached hydrogen (secondary N) is 3. The van der Waals surface area contributed by atoms with Gasteiger partial charge in [0.2, 0.25) is 0 Å². The highest BCUT2D eigenvalue weighted by Gasteiger charge is 2.20. The van der Waals surface area contributed by atoms with Crippen molar-refractivity contribution in [3.8, 4) is 0 Å². The predicted octanol–water partition coefficient (Wildman–Crippen LogP) is 1.99. The minimum absolute atomic E-state index is 0. The lowest BCUT2D eigenvalue weighted by atomic mass is 10.2. The third-order valence-electron chi connectivity index (χ3n) is 3.65. The van der Waals surface area contributed by atoms with E-state index in [-0.39, 0.29) is 44.2 Å². The molecule has 0 spiro atoms. The Morgan fingerprint density at radius 3 is 1.57 bits per heavy atom. The van der Waals surface area contributed by atoms with Crippen molar-refractivity contribution < 1.29 is 53.3 Å². The van der Waals surface area contributed by atoms with Crippen molar-refractivity contribution in [2.75, 3.05) is 6.61 Å². The molecule has 1 aliphatic heterocycles. The summed E-state index contributed by atoms with van der Waals surface area (Å²) in [6.07, 6.45) is -0.292. The number of nitrogens with zero attached hydrogens (tertiary/aromatic N) is 1. The number of carbonyl (C=O) groups is 6. The Morgan fingerprint density at radius 1 is 0.857 bits per heavy atom. The van der Waals surface area contributed by atoms with Crippen molar-refractivity contribution in [3.05, 3.63) is 12.3 Å². The Morgan fingerprint density at radius 2 is 1.31 bits per heavy atom. The lowest BCUT2D eigenvalue weighted by molar-refractivity contribution is -0.154. The van der Waals surface area contributed by atoms with Crippen LogP contribution in [0.1, 0.15) is 83.1 Å². The van der Waals surface area contributed by atoms with Gasteiger partial charge in [-0.1, -0.05) is 19.2 Å². The minimum atomic E-state index is -1.44. The first-order valence-corrected chi connectivity index (χ1v) is 12.9. The van der Waals surface area contributed by atoms with Crippen molar-refractivity contribution in [1.82, 2.24) is 16.0 Å². The van der Waals surface area contributed by atoms with Crippen LogP contribution < -0.4 is 16.0 Å². The maximum absolute atomic E-state index is 11.2. The van der Waals surface area contributed by atoms with Crippen LogP contribution in [0, 0.1) is 0 Å². The predicted molar refractivity (Wildman–Crippen MR) is 156 cm³/mol. The molecule has 0 aromatic carbocycles. The first-order valence-electron chi connectivity index (χ1n) is 12.9. The molecule has 0 saturated carbocycles. The molecule has 1 atom stereocenters. The average molecular weight is 607 g/mol. The van der Waals surface area contributed by atoms with E-state index in [1.165, 1.54) is 6.92 Å². The van der Waals surface area contributed by atoms with Crippen molar-refractivity contribution >= 4 is 41.3 Å². The third-order valence-corrected chi connectivity index (χ3v) is 3.65. The number of aliphatic carboxylic acids is 2. The summed E-state index contributed by atoms with van der Waals surface area (Å²) in [4.78, 5) is 67.5. The fraction of sp³-hybridized carbons (Fsp3) is 0.667. The number of oxime groups is 1. The van der Waals surface area contributed by atoms with Crippen LogP contribution in [-0.2, 0) is 43.1 Å². The van der Waals surface area contributed by atoms with Gasteiger partial charge in [-0.05, 0) is 69.2 Å². The Labute approximate surface area is 248 Å². The van der Waals surface area contributed by atoms with Gasteiger partial charge in [0.25, 0.3) is 5.91 Å². The zero-order chi connectivity index (χ0) is 32.9. The maximum atomic E-state index is 11.2. The molecule has 0 aromatic heterocycles. The van der Waals surface area contributed by atoms with Gasteiger partial charge in [-0.2, -0.15) is 0 Å². The second-order valence-corrected chi connectivity index (χ2v) is 9.42. The molecule has 0 radical (unpaired) electrons. The van der Waals surface area contributed by atoms with Crippen LogP contribution in [0.3, 0.4) is 0 Å². The SMILES string of the molecule is C.C=C1CC(C(=O)NC(C)C)=NO1.CC(C)NC(=O)C(=O)O.CC(C)OC(C)C(=O)O.CCOC(=O)C(=O)NC(C)C. The van der Waals surface area contributed by atoms with Gasteiger partial charge in [-0.15, -0.1) is 0 Å². The van der Waals surface area contributed by atoms with E-state index in [0.29, 0.717) is 17.9 Å². The average Bonchev–Trinajstić information content (AvgIpc) is 3.25. The number of ether oxygens (including phenoxy) is 2. The van der Waals surface area contributed by atoms with Crippen LogP contribution in [0.25, 0.3) is 0 Å². The molecule has 0 bridgehead atoms. The number of allylic oxidation sites excluding steroid dienone is 1. The zero-order valence-corrected chi connectivity index (χ0v) is 25.5. The number of hydrogen-bond donors (Lipinski definition) is 5. The molecule has 15 nitrogen and oxygen atoms in total. The van der Waals surface area contributed by atoms with E-state index in [4.69, 9.17) is 19.8 Å². The molecule has 15 heteroatoms. The molecule has 1 rings (SSSR count). The summed E-state index contributed by atoms with van der Waals surface area (Å²) in [7, 11) is 0. The summed E-state index contributed by atoms with van der Waals surface area (Å²) in [5.41, 5.74) is 0.397. The molecule has 1 aliphatic rings. The molecule has 1 heterocycles. The highest BCUT2D eigenvalue weighted by Crippen LogP contribution is 2.11. The van der Waals surface area contributed by atoms with Gasteiger partial charge < -0.3 is 40.5 Å². The van der Waals surface area contributed by atoms with Crippen molar-refractivity contribution in [3.63, 3.8) is 0 Å². The molecule has 0 aromatic rings. The summed E-state index contributed by atoms with van der Waals surface area (Å²) in [6, 6.07) is -0.0328. The Kier molecular flexibility index (Phi) is 26.5. The Hall–Kier alpha value is -4.01. The quantitative estimate of drug-likeness (QED) is 0.199. The Bertz CT molecular complexity index is 914. The van der Waals surface area contributed by atoms with Crippen LogP contribution in [0.15, 0.2) is 17.5 Å². The lowest BCUT2D eigenvalue weighted by Gasteiger charge is -2.10. The zero-order valence-electron chi connectivity index (χ0n) is 25.5. The van der Waals surface area contributed by atoms with Gasteiger partial charge in [0, 0.05) is 18.1 Å². The molecular weight excluding hydrogens is 556 g/mol. The summed E-state index contributed by atoms with van der Waals surface area (Å²) in [6.45, 7) is 21.3. The van der Waals surface area contributed by atoms with E-state index in [9.17, 15) is 28.8 Å². The molecule has 0 fully saturated rings. The van der Waals surface area contributed by atoms with Crippen LogP contribution >= 0.6 is 0 Å². The van der Waals surface area contributed by atoms with Crippen LogP contribution in [0.4, 0.5) is 0 Å². The molecule has 42 heavy (non-hydrogen) atoms. The second-order valence-electron chi connectivity index (χ2n) is 9.42. The molecule has 3 amide bonds. The molecule has 1 unspecified atom stereocenters. The highest BCUT2D eigenvalue weighted by molar-refractivity contribution is 6.39. The molecule has 5 N–H and O–H groups in total. The number of hydrogen-bond acceptors (Lipinski definition) is 10. The number of rotatable bonds is 8. The fourth-order valence-corrected chi connectivity index (χ4v) is 2.15. The summed E-state index contributed by atoms with van der Waals surface area (Å²) < 4.78 is 9.37. The number of amides is 3. The van der Waals surface area contributed by atoms with Gasteiger partial charge in [0.05, 0.1) is 19.1 Å². The fourth-order valence-electron chi connectivity index (χ4n) is 2.15. The normalized spacial score (nSPS) is 12.0. The highest BCUT2D eigenvalue weighted by atomic mass is 16.6. The van der Waals surface area contributed by atoms with Gasteiger partial charge >= 0.3 is 29.7 Å². The van der Waals surface area contributed by atoms with E-state index < -0.39 is 35.8 Å². The second kappa shape index (κ2) is 24.8. The maximum Gasteiger partial charge on any atom is 0.396 e. The van der Waals surface area contributed by atoms with E-state index >= 15 is 0 Å². The topological polar surface area (TPSA) is 219 Å². The standard InChI is InChI=1S/C8H12N2O2.C7H13NO3.C6H12O3.C5H9NO3.CH4/c1-5(2)9-8(11)7-4-6(3)12-10-7;1-4-11-7(10)6(9)8-5(2)3;1-4(2)9-5(3)6(7)8;1-3(2)6-4(7)5(8)9;/h5H,3-4H2,1-2H3,(H,9,11);5H,4H2,1-3H3,(H,8,9);4-5H,1-3H3,(H,7,8);3H,1-2H3,(H,6,7)(H,8,9);1H4. The summed E-state index contributed by atoms with van der Waals surface area (Å²) >= 11 is 0. The number of carbonyl (C=O) groups excluding carboxylic acids is 4. The van der Waals surface area contributed by atoms with Crippen LogP contribution in [0.2, 0.25) is 0 Å². The van der Waals surface area contributed by atoms with Crippen molar-refractivity contribution in [2.45, 2.75) is 113 Å². The largest absolute Gasteiger partial charge is 0.479 e.